The highest BCUT2D eigenvalue weighted by Crippen LogP contribution is 2.05. The maximum atomic E-state index is 5.99. The Morgan fingerprint density at radius 2 is 2.29 bits per heavy atom. The summed E-state index contributed by atoms with van der Waals surface area (Å²) < 4.78 is 5.08. The molecule has 0 heterocycles. The van der Waals surface area contributed by atoms with Crippen molar-refractivity contribution in [3.63, 3.8) is 0 Å². The molecular weight excluding hydrogens is 198 g/mol. The SMILES string of the molecule is C=c1ccc(OC)c/c1=C(Cl)/C=C\N. The summed E-state index contributed by atoms with van der Waals surface area (Å²) in [5.74, 6) is 0.746. The number of methoxy groups -OCH3 is 1. The van der Waals surface area contributed by atoms with E-state index in [9.17, 15) is 0 Å². The Morgan fingerprint density at radius 3 is 2.86 bits per heavy atom. The summed E-state index contributed by atoms with van der Waals surface area (Å²) in [5.41, 5.74) is 5.25. The molecule has 2 N–H and O–H groups in total. The van der Waals surface area contributed by atoms with Gasteiger partial charge in [0.2, 0.25) is 0 Å². The van der Waals surface area contributed by atoms with E-state index in [0.717, 1.165) is 16.2 Å². The van der Waals surface area contributed by atoms with E-state index >= 15 is 0 Å². The summed E-state index contributed by atoms with van der Waals surface area (Å²) in [6, 6.07) is 5.51. The van der Waals surface area contributed by atoms with Crippen LogP contribution >= 0.6 is 11.6 Å². The largest absolute Gasteiger partial charge is 0.497 e. The molecular formula is C11H12ClNO. The molecule has 0 atom stereocenters. The van der Waals surface area contributed by atoms with E-state index < -0.39 is 0 Å². The first kappa shape index (κ1) is 10.7. The van der Waals surface area contributed by atoms with Crippen LogP contribution in [-0.2, 0) is 0 Å². The predicted octanol–water partition coefficient (Wildman–Crippen LogP) is 0.925. The Bertz CT molecular complexity index is 451. The van der Waals surface area contributed by atoms with Gasteiger partial charge in [-0.05, 0) is 29.6 Å². The first-order valence-corrected chi connectivity index (χ1v) is 4.48. The van der Waals surface area contributed by atoms with Crippen LogP contribution in [0.1, 0.15) is 0 Å². The molecule has 1 aromatic carbocycles. The highest BCUT2D eigenvalue weighted by molar-refractivity contribution is 6.47. The van der Waals surface area contributed by atoms with Gasteiger partial charge in [-0.1, -0.05) is 24.2 Å². The van der Waals surface area contributed by atoms with Crippen molar-refractivity contribution in [2.75, 3.05) is 7.11 Å². The van der Waals surface area contributed by atoms with Crippen LogP contribution in [0.3, 0.4) is 0 Å². The summed E-state index contributed by atoms with van der Waals surface area (Å²) in [5, 5.41) is 2.22. The molecule has 0 bridgehead atoms. The minimum absolute atomic E-state index is 0.552. The number of halogens is 1. The van der Waals surface area contributed by atoms with Gasteiger partial charge >= 0.3 is 0 Å². The van der Waals surface area contributed by atoms with Crippen molar-refractivity contribution in [3.8, 4) is 5.75 Å². The van der Waals surface area contributed by atoms with Gasteiger partial charge in [-0.3, -0.25) is 0 Å². The summed E-state index contributed by atoms with van der Waals surface area (Å²) >= 11 is 5.99. The van der Waals surface area contributed by atoms with Gasteiger partial charge < -0.3 is 10.5 Å². The quantitative estimate of drug-likeness (QED) is 0.787. The van der Waals surface area contributed by atoms with Gasteiger partial charge in [0.15, 0.2) is 0 Å². The topological polar surface area (TPSA) is 35.2 Å². The lowest BCUT2D eigenvalue weighted by atomic mass is 10.2. The zero-order valence-corrected chi connectivity index (χ0v) is 8.71. The van der Waals surface area contributed by atoms with Crippen LogP contribution in [0.25, 0.3) is 11.6 Å². The highest BCUT2D eigenvalue weighted by atomic mass is 35.5. The molecule has 0 aliphatic rings. The van der Waals surface area contributed by atoms with Crippen LogP contribution in [-0.4, -0.2) is 7.11 Å². The molecule has 14 heavy (non-hydrogen) atoms. The zero-order chi connectivity index (χ0) is 10.6. The second-order valence-corrected chi connectivity index (χ2v) is 3.14. The molecule has 0 aromatic heterocycles. The van der Waals surface area contributed by atoms with Crippen LogP contribution in [0.15, 0.2) is 30.5 Å². The Balaban J connectivity index is 3.46. The number of nitrogens with two attached hydrogens (primary N) is 1. The van der Waals surface area contributed by atoms with E-state index in [-0.39, 0.29) is 0 Å². The summed E-state index contributed by atoms with van der Waals surface area (Å²) in [6.07, 6.45) is 3.01. The maximum absolute atomic E-state index is 5.99. The molecule has 1 aromatic rings. The van der Waals surface area contributed by atoms with E-state index in [0.29, 0.717) is 5.03 Å². The van der Waals surface area contributed by atoms with Crippen molar-refractivity contribution in [2.24, 2.45) is 5.73 Å². The minimum Gasteiger partial charge on any atom is -0.497 e. The van der Waals surface area contributed by atoms with Crippen molar-refractivity contribution in [1.82, 2.24) is 0 Å². The van der Waals surface area contributed by atoms with E-state index in [1.807, 2.05) is 18.2 Å². The summed E-state index contributed by atoms with van der Waals surface area (Å²) in [4.78, 5) is 0. The molecule has 3 heteroatoms. The number of allylic oxidation sites excluding steroid dienone is 1. The Hall–Kier alpha value is -1.41. The van der Waals surface area contributed by atoms with Crippen LogP contribution < -0.4 is 20.9 Å². The van der Waals surface area contributed by atoms with Crippen LogP contribution in [0, 0.1) is 0 Å². The third-order valence-corrected chi connectivity index (χ3v) is 2.15. The molecule has 74 valence electrons. The van der Waals surface area contributed by atoms with Crippen LogP contribution in [0.5, 0.6) is 5.75 Å². The monoisotopic (exact) mass is 209 g/mol. The molecule has 0 aliphatic carbocycles. The van der Waals surface area contributed by atoms with Crippen molar-refractivity contribution >= 4 is 23.2 Å². The third kappa shape index (κ3) is 2.30. The van der Waals surface area contributed by atoms with Gasteiger partial charge in [0.1, 0.15) is 5.75 Å². The van der Waals surface area contributed by atoms with E-state index in [1.165, 1.54) is 6.20 Å². The molecule has 0 spiro atoms. The van der Waals surface area contributed by atoms with Gasteiger partial charge in [0, 0.05) is 10.3 Å². The average molecular weight is 210 g/mol. The van der Waals surface area contributed by atoms with Gasteiger partial charge in [0.25, 0.3) is 0 Å². The Kier molecular flexibility index (Phi) is 3.60. The Labute approximate surface area is 87.9 Å². The molecule has 0 fully saturated rings. The second kappa shape index (κ2) is 4.72. The van der Waals surface area contributed by atoms with Gasteiger partial charge in [-0.15, -0.1) is 0 Å². The highest BCUT2D eigenvalue weighted by Gasteiger charge is 1.94. The lowest BCUT2D eigenvalue weighted by molar-refractivity contribution is 0.414. The first-order chi connectivity index (χ1) is 6.69. The van der Waals surface area contributed by atoms with Gasteiger partial charge in [0.05, 0.1) is 7.11 Å². The maximum Gasteiger partial charge on any atom is 0.119 e. The second-order valence-electron chi connectivity index (χ2n) is 2.73. The molecule has 2 nitrogen and oxygen atoms in total. The summed E-state index contributed by atoms with van der Waals surface area (Å²) in [7, 11) is 1.61. The molecule has 0 aliphatic heterocycles. The normalized spacial score (nSPS) is 13.0. The molecule has 0 saturated heterocycles. The van der Waals surface area contributed by atoms with Gasteiger partial charge in [-0.25, -0.2) is 0 Å². The smallest absolute Gasteiger partial charge is 0.119 e. The number of ether oxygens (including phenoxy) is 1. The van der Waals surface area contributed by atoms with E-state index in [4.69, 9.17) is 22.1 Å². The standard InChI is InChI=1S/C11H12ClNO/c1-8-3-4-9(14-2)7-10(8)11(12)5-6-13/h3-7H,1,13H2,2H3/b6-5-,11-10+. The third-order valence-electron chi connectivity index (χ3n) is 1.82. The number of hydrogen-bond acceptors (Lipinski definition) is 2. The van der Waals surface area contributed by atoms with E-state index in [1.54, 1.807) is 13.2 Å². The average Bonchev–Trinajstić information content (AvgIpc) is 2.19. The lowest BCUT2D eigenvalue weighted by Crippen LogP contribution is -2.23. The minimum atomic E-state index is 0.552. The molecule has 0 radical (unpaired) electrons. The molecule has 1 rings (SSSR count). The first-order valence-electron chi connectivity index (χ1n) is 4.10. The van der Waals surface area contributed by atoms with E-state index in [2.05, 4.69) is 6.58 Å². The fourth-order valence-corrected chi connectivity index (χ4v) is 1.33. The lowest BCUT2D eigenvalue weighted by Gasteiger charge is -1.99. The molecule has 0 amide bonds. The Morgan fingerprint density at radius 1 is 1.57 bits per heavy atom. The van der Waals surface area contributed by atoms with Crippen molar-refractivity contribution < 1.29 is 4.74 Å². The number of hydrogen-bond donors (Lipinski definition) is 1. The molecule has 0 saturated carbocycles. The van der Waals surface area contributed by atoms with Crippen LogP contribution in [0.4, 0.5) is 0 Å². The van der Waals surface area contributed by atoms with Crippen LogP contribution in [0.2, 0.25) is 0 Å². The fourth-order valence-electron chi connectivity index (χ4n) is 1.08. The van der Waals surface area contributed by atoms with Crippen molar-refractivity contribution in [3.05, 3.63) is 40.9 Å². The molecule has 0 unspecified atom stereocenters. The zero-order valence-electron chi connectivity index (χ0n) is 7.96. The number of rotatable bonds is 2. The fraction of sp³-hybridized carbons (Fsp3) is 0.0909. The van der Waals surface area contributed by atoms with Crippen molar-refractivity contribution in [2.45, 2.75) is 0 Å². The van der Waals surface area contributed by atoms with Gasteiger partial charge in [-0.2, -0.15) is 0 Å². The van der Waals surface area contributed by atoms with Crippen molar-refractivity contribution in [1.29, 1.82) is 0 Å². The number of benzene rings is 1. The summed E-state index contributed by atoms with van der Waals surface area (Å²) in [6.45, 7) is 3.86. The predicted molar refractivity (Wildman–Crippen MR) is 60.4 cm³/mol.